The highest BCUT2D eigenvalue weighted by molar-refractivity contribution is 5.79. The van der Waals surface area contributed by atoms with Crippen molar-refractivity contribution in [2.45, 2.75) is 18.9 Å². The van der Waals surface area contributed by atoms with Crippen molar-refractivity contribution in [1.82, 2.24) is 5.32 Å². The number of carbonyl (C=O) groups is 2. The molecule has 5 rings (SSSR count). The maximum absolute atomic E-state index is 12.4. The quantitative estimate of drug-likeness (QED) is 0.351. The van der Waals surface area contributed by atoms with Crippen LogP contribution in [-0.2, 0) is 22.5 Å². The number of hydrogen-bond donors (Lipinski definition) is 2. The van der Waals surface area contributed by atoms with Crippen molar-refractivity contribution in [2.24, 2.45) is 0 Å². The molecule has 5 nitrogen and oxygen atoms in total. The Morgan fingerprint density at radius 3 is 2.06 bits per heavy atom. The molecule has 1 aliphatic rings. The van der Waals surface area contributed by atoms with Gasteiger partial charge in [-0.1, -0.05) is 97.1 Å². The standard InChI is InChI=1S/C30H25NO4/c32-29(33)17-21-6-5-7-23(16-21)22-14-12-20(13-15-22)18-31-30(34)35-19-28-26-10-3-1-8-24(26)25-9-2-4-11-27(25)28/h1-16,28H,17-19H2,(H,31,34)(H,32,33). The zero-order valence-corrected chi connectivity index (χ0v) is 19.1. The van der Waals surface area contributed by atoms with Gasteiger partial charge >= 0.3 is 12.1 Å². The summed E-state index contributed by atoms with van der Waals surface area (Å²) in [5, 5.41) is 11.8. The van der Waals surface area contributed by atoms with Gasteiger partial charge in [0.1, 0.15) is 6.61 Å². The summed E-state index contributed by atoms with van der Waals surface area (Å²) in [5.74, 6) is -0.818. The minimum Gasteiger partial charge on any atom is -0.481 e. The number of benzene rings is 4. The molecule has 0 aliphatic heterocycles. The highest BCUT2D eigenvalue weighted by Crippen LogP contribution is 2.44. The SMILES string of the molecule is O=C(O)Cc1cccc(-c2ccc(CNC(=O)OCC3c4ccccc4-c4ccccc43)cc2)c1. The molecule has 1 amide bonds. The first-order valence-corrected chi connectivity index (χ1v) is 11.6. The Kier molecular flexibility index (Phi) is 6.31. The second-order valence-corrected chi connectivity index (χ2v) is 8.65. The molecule has 2 N–H and O–H groups in total. The smallest absolute Gasteiger partial charge is 0.407 e. The minimum absolute atomic E-state index is 0.00399. The summed E-state index contributed by atoms with van der Waals surface area (Å²) in [6.45, 7) is 0.640. The summed E-state index contributed by atoms with van der Waals surface area (Å²) in [6.07, 6.45) is -0.451. The molecule has 4 aromatic carbocycles. The minimum atomic E-state index is -0.850. The van der Waals surface area contributed by atoms with Crippen LogP contribution in [-0.4, -0.2) is 23.8 Å². The number of alkyl carbamates (subject to hydrolysis) is 1. The van der Waals surface area contributed by atoms with Gasteiger partial charge in [0.25, 0.3) is 0 Å². The molecule has 0 bridgehead atoms. The Morgan fingerprint density at radius 1 is 0.743 bits per heavy atom. The van der Waals surface area contributed by atoms with E-state index >= 15 is 0 Å². The van der Waals surface area contributed by atoms with Gasteiger partial charge < -0.3 is 15.2 Å². The van der Waals surface area contributed by atoms with Gasteiger partial charge in [0.2, 0.25) is 0 Å². The van der Waals surface area contributed by atoms with Crippen LogP contribution in [0.1, 0.15) is 28.2 Å². The molecule has 0 unspecified atom stereocenters. The van der Waals surface area contributed by atoms with E-state index in [4.69, 9.17) is 9.84 Å². The molecule has 0 heterocycles. The fourth-order valence-electron chi connectivity index (χ4n) is 4.67. The fourth-order valence-corrected chi connectivity index (χ4v) is 4.67. The van der Waals surface area contributed by atoms with Crippen molar-refractivity contribution in [1.29, 1.82) is 0 Å². The lowest BCUT2D eigenvalue weighted by Gasteiger charge is -2.14. The molecule has 0 radical (unpaired) electrons. The van der Waals surface area contributed by atoms with E-state index in [2.05, 4.69) is 29.6 Å². The van der Waals surface area contributed by atoms with Crippen LogP contribution in [0.5, 0.6) is 0 Å². The fraction of sp³-hybridized carbons (Fsp3) is 0.133. The van der Waals surface area contributed by atoms with Gasteiger partial charge in [0.15, 0.2) is 0 Å². The summed E-state index contributed by atoms with van der Waals surface area (Å²) >= 11 is 0. The lowest BCUT2D eigenvalue weighted by Crippen LogP contribution is -2.25. The van der Waals surface area contributed by atoms with Crippen LogP contribution in [0.2, 0.25) is 0 Å². The summed E-state index contributed by atoms with van der Waals surface area (Å²) in [7, 11) is 0. The number of aliphatic carboxylic acids is 1. The molecule has 0 fully saturated rings. The predicted molar refractivity (Wildman–Crippen MR) is 135 cm³/mol. The Bertz CT molecular complexity index is 1330. The normalized spacial score (nSPS) is 12.0. The number of rotatable bonds is 7. The third kappa shape index (κ3) is 4.94. The summed E-state index contributed by atoms with van der Waals surface area (Å²) in [5.41, 5.74) is 8.42. The van der Waals surface area contributed by atoms with Crippen LogP contribution in [0, 0.1) is 0 Å². The van der Waals surface area contributed by atoms with E-state index < -0.39 is 12.1 Å². The number of nitrogens with one attached hydrogen (secondary N) is 1. The van der Waals surface area contributed by atoms with Gasteiger partial charge in [-0.2, -0.15) is 0 Å². The van der Waals surface area contributed by atoms with Crippen LogP contribution in [0.25, 0.3) is 22.3 Å². The number of hydrogen-bond acceptors (Lipinski definition) is 3. The second-order valence-electron chi connectivity index (χ2n) is 8.65. The molecule has 0 atom stereocenters. The molecule has 4 aromatic rings. The zero-order valence-electron chi connectivity index (χ0n) is 19.1. The van der Waals surface area contributed by atoms with E-state index in [0.29, 0.717) is 6.54 Å². The monoisotopic (exact) mass is 463 g/mol. The molecule has 174 valence electrons. The van der Waals surface area contributed by atoms with E-state index in [9.17, 15) is 9.59 Å². The zero-order chi connectivity index (χ0) is 24.2. The van der Waals surface area contributed by atoms with E-state index in [-0.39, 0.29) is 18.9 Å². The summed E-state index contributed by atoms with van der Waals surface area (Å²) in [6, 6.07) is 31.9. The lowest BCUT2D eigenvalue weighted by molar-refractivity contribution is -0.136. The number of amides is 1. The number of ether oxygens (including phenoxy) is 1. The maximum Gasteiger partial charge on any atom is 0.407 e. The highest BCUT2D eigenvalue weighted by Gasteiger charge is 2.28. The van der Waals surface area contributed by atoms with Gasteiger partial charge in [0.05, 0.1) is 6.42 Å². The Hall–Kier alpha value is -4.38. The third-order valence-corrected chi connectivity index (χ3v) is 6.35. The molecule has 0 spiro atoms. The first kappa shape index (κ1) is 22.4. The average molecular weight is 464 g/mol. The number of fused-ring (bicyclic) bond motifs is 3. The molecule has 5 heteroatoms. The highest BCUT2D eigenvalue weighted by atomic mass is 16.5. The van der Waals surface area contributed by atoms with Crippen LogP contribution in [0.3, 0.4) is 0 Å². The van der Waals surface area contributed by atoms with E-state index in [1.54, 1.807) is 0 Å². The molecular formula is C30H25NO4. The van der Waals surface area contributed by atoms with Crippen molar-refractivity contribution in [3.63, 3.8) is 0 Å². The van der Waals surface area contributed by atoms with Gasteiger partial charge in [-0.25, -0.2) is 4.79 Å². The molecule has 35 heavy (non-hydrogen) atoms. The van der Waals surface area contributed by atoms with E-state index in [0.717, 1.165) is 22.3 Å². The second kappa shape index (κ2) is 9.85. The van der Waals surface area contributed by atoms with Crippen LogP contribution >= 0.6 is 0 Å². The topological polar surface area (TPSA) is 75.6 Å². The first-order valence-electron chi connectivity index (χ1n) is 11.6. The Labute approximate surface area is 204 Å². The number of carboxylic acid groups (broad SMARTS) is 1. The predicted octanol–water partition coefficient (Wildman–Crippen LogP) is 6.02. The first-order chi connectivity index (χ1) is 17.1. The Balaban J connectivity index is 1.18. The van der Waals surface area contributed by atoms with Crippen molar-refractivity contribution in [3.8, 4) is 22.3 Å². The van der Waals surface area contributed by atoms with E-state index in [1.165, 1.54) is 22.3 Å². The van der Waals surface area contributed by atoms with Gasteiger partial charge in [-0.15, -0.1) is 0 Å². The van der Waals surface area contributed by atoms with Crippen molar-refractivity contribution in [3.05, 3.63) is 119 Å². The lowest BCUT2D eigenvalue weighted by atomic mass is 9.98. The maximum atomic E-state index is 12.4. The summed E-state index contributed by atoms with van der Waals surface area (Å²) in [4.78, 5) is 23.4. The van der Waals surface area contributed by atoms with Crippen molar-refractivity contribution >= 4 is 12.1 Å². The largest absolute Gasteiger partial charge is 0.481 e. The van der Waals surface area contributed by atoms with Gasteiger partial charge in [0, 0.05) is 12.5 Å². The van der Waals surface area contributed by atoms with E-state index in [1.807, 2.05) is 72.8 Å². The molecular weight excluding hydrogens is 438 g/mol. The Morgan fingerprint density at radius 2 is 1.40 bits per heavy atom. The van der Waals surface area contributed by atoms with Crippen LogP contribution in [0.4, 0.5) is 4.79 Å². The van der Waals surface area contributed by atoms with Gasteiger partial charge in [-0.05, 0) is 44.5 Å². The summed E-state index contributed by atoms with van der Waals surface area (Å²) < 4.78 is 5.60. The van der Waals surface area contributed by atoms with Crippen LogP contribution < -0.4 is 5.32 Å². The number of carbonyl (C=O) groups excluding carboxylic acids is 1. The molecule has 0 aromatic heterocycles. The third-order valence-electron chi connectivity index (χ3n) is 6.35. The van der Waals surface area contributed by atoms with Crippen LogP contribution in [0.15, 0.2) is 97.1 Å². The van der Waals surface area contributed by atoms with Crippen molar-refractivity contribution in [2.75, 3.05) is 6.61 Å². The molecule has 0 saturated heterocycles. The average Bonchev–Trinajstić information content (AvgIpc) is 3.20. The van der Waals surface area contributed by atoms with Crippen molar-refractivity contribution < 1.29 is 19.4 Å². The number of carboxylic acids is 1. The molecule has 0 saturated carbocycles. The van der Waals surface area contributed by atoms with Gasteiger partial charge in [-0.3, -0.25) is 4.79 Å². The molecule has 1 aliphatic carbocycles.